The Kier molecular flexibility index (Phi) is 12.4. The summed E-state index contributed by atoms with van der Waals surface area (Å²) in [6.45, 7) is 0.176. The highest BCUT2D eigenvalue weighted by Gasteiger charge is 2.29. The summed E-state index contributed by atoms with van der Waals surface area (Å²) in [5.74, 6) is 0.268. The van der Waals surface area contributed by atoms with Gasteiger partial charge in [-0.25, -0.2) is 0 Å². The summed E-state index contributed by atoms with van der Waals surface area (Å²) in [5.41, 5.74) is 10.6. The molecule has 0 radical (unpaired) electrons. The van der Waals surface area contributed by atoms with Crippen LogP contribution >= 0.6 is 23.2 Å². The first-order chi connectivity index (χ1) is 38.9. The van der Waals surface area contributed by atoms with Crippen molar-refractivity contribution in [1.82, 2.24) is 9.13 Å². The van der Waals surface area contributed by atoms with Gasteiger partial charge in [-0.05, 0) is 119 Å². The van der Waals surface area contributed by atoms with E-state index in [1.54, 1.807) is 36.3 Å². The van der Waals surface area contributed by atoms with Crippen LogP contribution < -0.4 is 19.4 Å². The fourth-order valence-electron chi connectivity index (χ4n) is 11.5. The molecular weight excluding hydrogens is 1040 g/mol. The third-order valence-corrected chi connectivity index (χ3v) is 15.8. The first kappa shape index (κ1) is 50.1. The lowest BCUT2D eigenvalue weighted by Crippen LogP contribution is -2.26. The van der Waals surface area contributed by atoms with E-state index in [0.29, 0.717) is 60.9 Å². The number of hydrogen-bond donors (Lipinski definition) is 0. The molecule has 0 spiro atoms. The van der Waals surface area contributed by atoms with E-state index in [1.165, 1.54) is 7.11 Å². The fourth-order valence-corrected chi connectivity index (χ4v) is 11.8. The van der Waals surface area contributed by atoms with Crippen molar-refractivity contribution in [1.29, 1.82) is 0 Å². The number of aryl methyl sites for hydroxylation is 2. The van der Waals surface area contributed by atoms with Crippen molar-refractivity contribution >= 4 is 134 Å². The van der Waals surface area contributed by atoms with Crippen molar-refractivity contribution in [2.75, 3.05) is 38.3 Å². The van der Waals surface area contributed by atoms with Gasteiger partial charge in [-0.1, -0.05) is 96.0 Å². The Labute approximate surface area is 469 Å². The minimum Gasteiger partial charge on any atom is -0.494 e. The highest BCUT2D eigenvalue weighted by molar-refractivity contribution is 6.33. The molecule has 0 saturated heterocycles. The van der Waals surface area contributed by atoms with Crippen LogP contribution in [0.4, 0.5) is 34.1 Å². The zero-order valence-electron chi connectivity index (χ0n) is 44.2. The molecule has 0 bridgehead atoms. The number of para-hydroxylation sites is 2. The third kappa shape index (κ3) is 8.19. The quantitative estimate of drug-likeness (QED) is 0.0885. The standard InChI is InChI=1S/C65H48Cl2N8O5/c1-72(43-13-9-7-10-14-43)65(77)53-30-37-18-24-48-50-32-40(67)20-28-55(50)74(3)61(48)57(37)59(64(53)79-6)71-69-42-22-26-46-45-25-21-41(33-51(45)62(76)52(46)34-42)68-70-58-56-36(17-23-47-49-31-39(66)19-27-54(49)73(2)60(47)56)29-38(63(58)78-5)35-80-75(4)44-15-11-8-12-16-44/h7-34H,35H2,1-6H3. The SMILES string of the molecule is COc1c(CON(C)c2ccccc2)cc2ccc3c4cc(Cl)ccc4n(C)c3c2c1N=Nc1ccc2c(c1)C(=O)c1cc(N=Nc3c(OC)c(C(=O)N(C)c4ccccc4)cc4ccc5c6cc(Cl)ccc6n(C)c5c34)ccc1-2. The molecule has 1 amide bonds. The van der Waals surface area contributed by atoms with E-state index in [2.05, 4.69) is 27.3 Å². The summed E-state index contributed by atoms with van der Waals surface area (Å²) in [7, 11) is 10.8. The number of ketones is 1. The number of nitrogens with zero attached hydrogens (tertiary/aromatic N) is 8. The van der Waals surface area contributed by atoms with Crippen LogP contribution in [0.2, 0.25) is 10.0 Å². The zero-order valence-corrected chi connectivity index (χ0v) is 45.8. The maximum Gasteiger partial charge on any atom is 0.261 e. The van der Waals surface area contributed by atoms with Gasteiger partial charge < -0.3 is 23.5 Å². The number of rotatable bonds is 12. The Hall–Kier alpha value is -9.40. The second-order valence-corrected chi connectivity index (χ2v) is 20.7. The molecule has 0 aliphatic heterocycles. The first-order valence-corrected chi connectivity index (χ1v) is 26.5. The number of hydrogen-bond acceptors (Lipinski definition) is 10. The maximum atomic E-state index is 14.6. The number of benzene rings is 10. The van der Waals surface area contributed by atoms with Crippen molar-refractivity contribution in [3.8, 4) is 22.6 Å². The molecule has 13 rings (SSSR count). The molecule has 0 saturated carbocycles. The maximum absolute atomic E-state index is 14.6. The van der Waals surface area contributed by atoms with Gasteiger partial charge in [0.25, 0.3) is 5.91 Å². The second kappa shape index (κ2) is 19.8. The average molecular weight is 1090 g/mol. The van der Waals surface area contributed by atoms with Crippen molar-refractivity contribution in [2.24, 2.45) is 34.6 Å². The molecule has 13 nitrogen and oxygen atoms in total. The van der Waals surface area contributed by atoms with Gasteiger partial charge in [-0.3, -0.25) is 19.5 Å². The van der Waals surface area contributed by atoms with Crippen molar-refractivity contribution in [3.63, 3.8) is 0 Å². The minimum absolute atomic E-state index is 0.176. The number of hydroxylamine groups is 1. The molecule has 0 unspecified atom stereocenters. The molecule has 392 valence electrons. The summed E-state index contributed by atoms with van der Waals surface area (Å²) < 4.78 is 16.6. The van der Waals surface area contributed by atoms with E-state index in [4.69, 9.17) is 58.0 Å². The monoisotopic (exact) mass is 1090 g/mol. The van der Waals surface area contributed by atoms with Gasteiger partial charge in [0.05, 0.1) is 47.9 Å². The highest BCUT2D eigenvalue weighted by atomic mass is 35.5. The number of anilines is 2. The number of azo groups is 2. The van der Waals surface area contributed by atoms with Gasteiger partial charge in [-0.2, -0.15) is 10.2 Å². The highest BCUT2D eigenvalue weighted by Crippen LogP contribution is 2.49. The molecule has 0 fully saturated rings. The van der Waals surface area contributed by atoms with Gasteiger partial charge in [-0.15, -0.1) is 10.2 Å². The molecule has 12 aromatic rings. The summed E-state index contributed by atoms with van der Waals surface area (Å²) >= 11 is 13.1. The predicted octanol–water partition coefficient (Wildman–Crippen LogP) is 17.5. The van der Waals surface area contributed by atoms with E-state index in [-0.39, 0.29) is 24.0 Å². The van der Waals surface area contributed by atoms with Gasteiger partial charge in [0.15, 0.2) is 17.3 Å². The average Bonchev–Trinajstić information content (AvgIpc) is 4.26. The molecule has 80 heavy (non-hydrogen) atoms. The fraction of sp³-hybridized carbons (Fsp3) is 0.108. The smallest absolute Gasteiger partial charge is 0.261 e. The van der Waals surface area contributed by atoms with Crippen molar-refractivity contribution in [2.45, 2.75) is 6.61 Å². The molecule has 15 heteroatoms. The van der Waals surface area contributed by atoms with Crippen LogP contribution in [0.15, 0.2) is 190 Å². The van der Waals surface area contributed by atoms with Gasteiger partial charge >= 0.3 is 0 Å². The summed E-state index contributed by atoms with van der Waals surface area (Å²) in [6, 6.07) is 54.0. The number of methoxy groups -OCH3 is 2. The largest absolute Gasteiger partial charge is 0.494 e. The van der Waals surface area contributed by atoms with Crippen LogP contribution in [0, 0.1) is 0 Å². The molecule has 0 N–H and O–H groups in total. The van der Waals surface area contributed by atoms with Crippen LogP contribution in [0.1, 0.15) is 31.8 Å². The van der Waals surface area contributed by atoms with Crippen LogP contribution in [0.5, 0.6) is 11.5 Å². The molecule has 1 aliphatic rings. The van der Waals surface area contributed by atoms with E-state index in [9.17, 15) is 9.59 Å². The number of amides is 1. The lowest BCUT2D eigenvalue weighted by Gasteiger charge is -2.20. The topological polar surface area (TPSA) is 128 Å². The van der Waals surface area contributed by atoms with E-state index < -0.39 is 0 Å². The second-order valence-electron chi connectivity index (χ2n) is 19.8. The van der Waals surface area contributed by atoms with Gasteiger partial charge in [0.1, 0.15) is 18.0 Å². The van der Waals surface area contributed by atoms with Gasteiger partial charge in [0.2, 0.25) is 0 Å². The Morgan fingerprint density at radius 1 is 0.525 bits per heavy atom. The Bertz CT molecular complexity index is 4650. The minimum atomic E-state index is -0.291. The zero-order chi connectivity index (χ0) is 55.1. The summed E-state index contributed by atoms with van der Waals surface area (Å²) in [5, 5.41) is 29.7. The number of fused-ring (bicyclic) bond motifs is 13. The molecule has 2 heterocycles. The lowest BCUT2D eigenvalue weighted by atomic mass is 9.99. The Balaban J connectivity index is 0.883. The molecule has 0 atom stereocenters. The molecule has 1 aliphatic carbocycles. The Morgan fingerprint density at radius 3 is 1.55 bits per heavy atom. The number of ether oxygens (including phenoxy) is 2. The van der Waals surface area contributed by atoms with Gasteiger partial charge in [0, 0.05) is 104 Å². The summed E-state index contributed by atoms with van der Waals surface area (Å²) in [6.07, 6.45) is 0. The van der Waals surface area contributed by atoms with Crippen molar-refractivity contribution < 1.29 is 23.9 Å². The van der Waals surface area contributed by atoms with E-state index in [1.807, 2.05) is 161 Å². The van der Waals surface area contributed by atoms with Crippen molar-refractivity contribution in [3.05, 3.63) is 202 Å². The van der Waals surface area contributed by atoms with E-state index in [0.717, 1.165) is 87.5 Å². The predicted molar refractivity (Wildman–Crippen MR) is 321 cm³/mol. The number of halogens is 2. The summed E-state index contributed by atoms with van der Waals surface area (Å²) in [4.78, 5) is 37.0. The molecule has 2 aromatic heterocycles. The number of carbonyl (C=O) groups is 2. The van der Waals surface area contributed by atoms with Crippen LogP contribution in [0.3, 0.4) is 0 Å². The van der Waals surface area contributed by atoms with Crippen LogP contribution in [-0.4, -0.2) is 49.1 Å². The molecular formula is C65H48Cl2N8O5. The van der Waals surface area contributed by atoms with Crippen LogP contribution in [0.25, 0.3) is 76.3 Å². The Morgan fingerprint density at radius 2 is 1.02 bits per heavy atom. The molecule has 10 aromatic carbocycles. The number of carbonyl (C=O) groups excluding carboxylic acids is 2. The third-order valence-electron chi connectivity index (χ3n) is 15.3. The van der Waals surface area contributed by atoms with E-state index >= 15 is 0 Å². The number of aromatic nitrogens is 2. The normalized spacial score (nSPS) is 12.3. The van der Waals surface area contributed by atoms with Crippen LogP contribution in [-0.2, 0) is 25.5 Å². The lowest BCUT2D eigenvalue weighted by molar-refractivity contribution is 0.0989. The first-order valence-electron chi connectivity index (χ1n) is 25.7.